The van der Waals surface area contributed by atoms with E-state index in [0.29, 0.717) is 19.4 Å². The normalized spacial score (nSPS) is 13.6. The van der Waals surface area contributed by atoms with Gasteiger partial charge in [0.25, 0.3) is 0 Å². The number of nitrogens with two attached hydrogens (primary N) is 1. The quantitative estimate of drug-likeness (QED) is 0.194. The highest BCUT2D eigenvalue weighted by molar-refractivity contribution is 5.91. The number of hydrogen-bond acceptors (Lipinski definition) is 6. The van der Waals surface area contributed by atoms with E-state index in [1.165, 1.54) is 0 Å². The molecular formula is C31H42N4O6. The van der Waals surface area contributed by atoms with Crippen LogP contribution in [-0.4, -0.2) is 60.8 Å². The summed E-state index contributed by atoms with van der Waals surface area (Å²) in [6.45, 7) is 4.45. The molecule has 3 rings (SSSR count). The molecule has 10 heteroatoms. The molecule has 0 aromatic heterocycles. The number of benzene rings is 2. The van der Waals surface area contributed by atoms with Gasteiger partial charge in [0.15, 0.2) is 0 Å². The Balaban J connectivity index is 1.60. The van der Waals surface area contributed by atoms with Crippen LogP contribution in [0.5, 0.6) is 0 Å². The van der Waals surface area contributed by atoms with Gasteiger partial charge in [0.2, 0.25) is 11.8 Å². The molecule has 0 heterocycles. The third kappa shape index (κ3) is 9.04. The highest BCUT2D eigenvalue weighted by Gasteiger charge is 2.31. The Hall–Kier alpha value is -3.92. The van der Waals surface area contributed by atoms with E-state index < -0.39 is 30.1 Å². The van der Waals surface area contributed by atoms with Crippen LogP contribution in [-0.2, 0) is 19.1 Å². The minimum atomic E-state index is -0.940. The molecule has 2 atom stereocenters. The summed E-state index contributed by atoms with van der Waals surface area (Å²) >= 11 is 0. The van der Waals surface area contributed by atoms with Gasteiger partial charge >= 0.3 is 12.1 Å². The van der Waals surface area contributed by atoms with Crippen LogP contribution in [0.4, 0.5) is 4.79 Å². The maximum Gasteiger partial charge on any atom is 0.407 e. The van der Waals surface area contributed by atoms with E-state index in [1.54, 1.807) is 13.8 Å². The van der Waals surface area contributed by atoms with E-state index in [2.05, 4.69) is 28.1 Å². The number of ether oxygens (including phenoxy) is 1. The second-order valence-electron chi connectivity index (χ2n) is 10.7. The summed E-state index contributed by atoms with van der Waals surface area (Å²) < 4.78 is 5.63. The van der Waals surface area contributed by atoms with Gasteiger partial charge in [-0.15, -0.1) is 0 Å². The maximum atomic E-state index is 13.3. The zero-order valence-electron chi connectivity index (χ0n) is 23.9. The van der Waals surface area contributed by atoms with Gasteiger partial charge in [-0.25, -0.2) is 4.79 Å². The number of carbonyl (C=O) groups excluding carboxylic acids is 3. The molecule has 2 aromatic rings. The molecule has 0 radical (unpaired) electrons. The molecule has 2 aromatic carbocycles. The monoisotopic (exact) mass is 566 g/mol. The fourth-order valence-electron chi connectivity index (χ4n) is 5.08. The molecule has 0 saturated carbocycles. The molecular weight excluding hydrogens is 524 g/mol. The zero-order valence-corrected chi connectivity index (χ0v) is 23.9. The van der Waals surface area contributed by atoms with Crippen molar-refractivity contribution in [3.63, 3.8) is 0 Å². The first-order valence-electron chi connectivity index (χ1n) is 14.3. The Bertz CT molecular complexity index is 1160. The van der Waals surface area contributed by atoms with E-state index >= 15 is 0 Å². The van der Waals surface area contributed by atoms with Crippen LogP contribution >= 0.6 is 0 Å². The van der Waals surface area contributed by atoms with E-state index in [9.17, 15) is 19.2 Å². The van der Waals surface area contributed by atoms with Crippen molar-refractivity contribution in [1.29, 1.82) is 0 Å². The summed E-state index contributed by atoms with van der Waals surface area (Å²) in [4.78, 5) is 49.8. The summed E-state index contributed by atoms with van der Waals surface area (Å²) in [5, 5.41) is 17.0. The largest absolute Gasteiger partial charge is 0.481 e. The SMILES string of the molecule is CC(C)[C@H](NC(=O)OCC1c2ccccc2-c2ccccc21)C(=O)N[C@@H](CCCCCN)C(=O)NCCCC(=O)O. The zero-order chi connectivity index (χ0) is 29.8. The van der Waals surface area contributed by atoms with Gasteiger partial charge in [-0.3, -0.25) is 14.4 Å². The highest BCUT2D eigenvalue weighted by Crippen LogP contribution is 2.44. The van der Waals surface area contributed by atoms with Crippen LogP contribution in [0.15, 0.2) is 48.5 Å². The lowest BCUT2D eigenvalue weighted by Gasteiger charge is -2.25. The van der Waals surface area contributed by atoms with Gasteiger partial charge in [-0.2, -0.15) is 0 Å². The van der Waals surface area contributed by atoms with Gasteiger partial charge in [0.05, 0.1) is 0 Å². The van der Waals surface area contributed by atoms with Crippen LogP contribution in [0, 0.1) is 5.92 Å². The molecule has 1 aliphatic carbocycles. The van der Waals surface area contributed by atoms with Crippen LogP contribution in [0.2, 0.25) is 0 Å². The van der Waals surface area contributed by atoms with Gasteiger partial charge in [-0.1, -0.05) is 75.2 Å². The molecule has 10 nitrogen and oxygen atoms in total. The summed E-state index contributed by atoms with van der Waals surface area (Å²) in [7, 11) is 0. The smallest absolute Gasteiger partial charge is 0.407 e. The van der Waals surface area contributed by atoms with Crippen molar-refractivity contribution in [1.82, 2.24) is 16.0 Å². The molecule has 1 aliphatic rings. The van der Waals surface area contributed by atoms with Gasteiger partial charge in [0.1, 0.15) is 18.7 Å². The lowest BCUT2D eigenvalue weighted by molar-refractivity contribution is -0.137. The van der Waals surface area contributed by atoms with Crippen LogP contribution in [0.3, 0.4) is 0 Å². The number of nitrogens with one attached hydrogen (secondary N) is 3. The standard InChI is InChI=1S/C31H42N4O6/c1-20(2)28(30(39)34-26(15-4-3-9-17-32)29(38)33-18-10-16-27(36)37)35-31(40)41-19-25-23-13-7-5-11-21(23)22-12-6-8-14-24(22)25/h5-8,11-14,20,25-26,28H,3-4,9-10,15-19,32H2,1-2H3,(H,33,38)(H,34,39)(H,35,40)(H,36,37)/t26-,28-/m0/s1. The van der Waals surface area contributed by atoms with E-state index in [4.69, 9.17) is 15.6 Å². The first kappa shape index (κ1) is 31.6. The van der Waals surface area contributed by atoms with Crippen molar-refractivity contribution in [3.05, 3.63) is 59.7 Å². The number of carboxylic acid groups (broad SMARTS) is 1. The van der Waals surface area contributed by atoms with Crippen molar-refractivity contribution in [2.24, 2.45) is 11.7 Å². The number of fused-ring (bicyclic) bond motifs is 3. The number of rotatable bonds is 16. The average molecular weight is 567 g/mol. The number of alkyl carbamates (subject to hydrolysis) is 1. The predicted molar refractivity (Wildman–Crippen MR) is 156 cm³/mol. The molecule has 6 N–H and O–H groups in total. The lowest BCUT2D eigenvalue weighted by atomic mass is 9.98. The van der Waals surface area contributed by atoms with Crippen LogP contribution < -0.4 is 21.7 Å². The Kier molecular flexibility index (Phi) is 12.1. The summed E-state index contributed by atoms with van der Waals surface area (Å²) in [6.07, 6.45) is 2.20. The number of aliphatic carboxylic acids is 1. The molecule has 0 fully saturated rings. The second kappa shape index (κ2) is 15.8. The van der Waals surface area contributed by atoms with Gasteiger partial charge in [-0.05, 0) is 54.0 Å². The Labute approximate surface area is 241 Å². The number of carbonyl (C=O) groups is 4. The molecule has 0 spiro atoms. The third-order valence-electron chi connectivity index (χ3n) is 7.26. The molecule has 0 bridgehead atoms. The number of carboxylic acids is 1. The van der Waals surface area contributed by atoms with E-state index in [0.717, 1.165) is 35.1 Å². The van der Waals surface area contributed by atoms with E-state index in [-0.39, 0.29) is 43.7 Å². The van der Waals surface area contributed by atoms with Crippen LogP contribution in [0.1, 0.15) is 69.4 Å². The van der Waals surface area contributed by atoms with Gasteiger partial charge in [0, 0.05) is 18.9 Å². The fraction of sp³-hybridized carbons (Fsp3) is 0.484. The van der Waals surface area contributed by atoms with Crippen molar-refractivity contribution in [2.75, 3.05) is 19.7 Å². The predicted octanol–water partition coefficient (Wildman–Crippen LogP) is 3.53. The Morgan fingerprint density at radius 1 is 0.878 bits per heavy atom. The first-order chi connectivity index (χ1) is 19.7. The van der Waals surface area contributed by atoms with Crippen molar-refractivity contribution in [3.8, 4) is 11.1 Å². The molecule has 0 unspecified atom stereocenters. The molecule has 0 saturated heterocycles. The second-order valence-corrected chi connectivity index (χ2v) is 10.7. The van der Waals surface area contributed by atoms with Crippen molar-refractivity contribution >= 4 is 23.9 Å². The highest BCUT2D eigenvalue weighted by atomic mass is 16.5. The van der Waals surface area contributed by atoms with Crippen LogP contribution in [0.25, 0.3) is 11.1 Å². The number of unbranched alkanes of at least 4 members (excludes halogenated alkanes) is 2. The third-order valence-corrected chi connectivity index (χ3v) is 7.26. The summed E-state index contributed by atoms with van der Waals surface area (Å²) in [5.41, 5.74) is 9.99. The number of hydrogen-bond donors (Lipinski definition) is 5. The minimum absolute atomic E-state index is 0.0622. The van der Waals surface area contributed by atoms with Gasteiger partial charge < -0.3 is 31.5 Å². The summed E-state index contributed by atoms with van der Waals surface area (Å²) in [5.74, 6) is -2.20. The summed E-state index contributed by atoms with van der Waals surface area (Å²) in [6, 6.07) is 14.3. The van der Waals surface area contributed by atoms with Crippen molar-refractivity contribution < 1.29 is 29.0 Å². The van der Waals surface area contributed by atoms with Crippen molar-refractivity contribution in [2.45, 2.75) is 70.4 Å². The lowest BCUT2D eigenvalue weighted by Crippen LogP contribution is -2.55. The number of amides is 3. The first-order valence-corrected chi connectivity index (χ1v) is 14.3. The molecule has 3 amide bonds. The molecule has 41 heavy (non-hydrogen) atoms. The molecule has 0 aliphatic heterocycles. The minimum Gasteiger partial charge on any atom is -0.481 e. The van der Waals surface area contributed by atoms with E-state index in [1.807, 2.05) is 36.4 Å². The topological polar surface area (TPSA) is 160 Å². The fourth-order valence-corrected chi connectivity index (χ4v) is 5.08. The Morgan fingerprint density at radius 3 is 2.10 bits per heavy atom. The maximum absolute atomic E-state index is 13.3. The average Bonchev–Trinajstić information content (AvgIpc) is 3.27. The Morgan fingerprint density at radius 2 is 1.51 bits per heavy atom. The molecule has 222 valence electrons.